The molecule has 0 aliphatic heterocycles. The number of nitrogens with one attached hydrogen (secondary N) is 1. The van der Waals surface area contributed by atoms with E-state index in [1.54, 1.807) is 0 Å². The molecule has 0 amide bonds. The summed E-state index contributed by atoms with van der Waals surface area (Å²) in [6, 6.07) is 17.1. The number of H-pyrrole nitrogens is 1. The average molecular weight is 300 g/mol. The van der Waals surface area contributed by atoms with Crippen LogP contribution in [-0.4, -0.2) is 10.8 Å². The first kappa shape index (κ1) is 11.2. The predicted octanol–water partition coefficient (Wildman–Crippen LogP) is 4.16. The molecule has 0 unspecified atom stereocenters. The highest BCUT2D eigenvalue weighted by Crippen LogP contribution is 2.29. The van der Waals surface area contributed by atoms with Gasteiger partial charge in [0.2, 0.25) is 5.78 Å². The number of halogens is 1. The summed E-state index contributed by atoms with van der Waals surface area (Å²) in [6.07, 6.45) is 0. The highest BCUT2D eigenvalue weighted by molar-refractivity contribution is 9.10. The van der Waals surface area contributed by atoms with E-state index in [9.17, 15) is 4.79 Å². The van der Waals surface area contributed by atoms with Crippen LogP contribution in [0.15, 0.2) is 59.1 Å². The third-order valence-electron chi connectivity index (χ3n) is 2.91. The van der Waals surface area contributed by atoms with Crippen molar-refractivity contribution < 1.29 is 4.79 Å². The Morgan fingerprint density at radius 2 is 1.61 bits per heavy atom. The van der Waals surface area contributed by atoms with Crippen molar-refractivity contribution in [2.45, 2.75) is 0 Å². The minimum absolute atomic E-state index is 0.00123. The summed E-state index contributed by atoms with van der Waals surface area (Å²) in [5.41, 5.74) is 2.25. The van der Waals surface area contributed by atoms with Gasteiger partial charge in [0.1, 0.15) is 5.69 Å². The van der Waals surface area contributed by atoms with Gasteiger partial charge in [-0.2, -0.15) is 0 Å². The van der Waals surface area contributed by atoms with Crippen LogP contribution in [0.4, 0.5) is 0 Å². The van der Waals surface area contributed by atoms with Crippen molar-refractivity contribution in [3.63, 3.8) is 0 Å². The predicted molar refractivity (Wildman–Crippen MR) is 75.9 cm³/mol. The maximum absolute atomic E-state index is 12.4. The molecule has 0 aliphatic rings. The molecule has 0 bridgehead atoms. The lowest BCUT2D eigenvalue weighted by Gasteiger charge is -1.98. The van der Waals surface area contributed by atoms with Crippen molar-refractivity contribution in [2.75, 3.05) is 0 Å². The van der Waals surface area contributed by atoms with E-state index in [1.165, 1.54) is 0 Å². The second-order valence-corrected chi connectivity index (χ2v) is 4.85. The van der Waals surface area contributed by atoms with E-state index in [0.29, 0.717) is 11.3 Å². The number of aromatic amines is 1. The fourth-order valence-electron chi connectivity index (χ4n) is 2.00. The number of aromatic nitrogens is 1. The van der Waals surface area contributed by atoms with Crippen molar-refractivity contribution in [1.29, 1.82) is 0 Å². The third-order valence-corrected chi connectivity index (χ3v) is 3.73. The largest absolute Gasteiger partial charge is 0.351 e. The van der Waals surface area contributed by atoms with E-state index in [2.05, 4.69) is 20.9 Å². The van der Waals surface area contributed by atoms with Crippen LogP contribution < -0.4 is 0 Å². The maximum atomic E-state index is 12.4. The van der Waals surface area contributed by atoms with Gasteiger partial charge in [-0.3, -0.25) is 4.79 Å². The van der Waals surface area contributed by atoms with Crippen molar-refractivity contribution in [3.8, 4) is 0 Å². The number of para-hydroxylation sites is 1. The molecule has 3 heteroatoms. The zero-order valence-electron chi connectivity index (χ0n) is 9.48. The van der Waals surface area contributed by atoms with Crippen molar-refractivity contribution in [2.24, 2.45) is 0 Å². The summed E-state index contributed by atoms with van der Waals surface area (Å²) in [7, 11) is 0. The molecule has 0 aliphatic carbocycles. The molecule has 0 radical (unpaired) electrons. The van der Waals surface area contributed by atoms with Gasteiger partial charge in [-0.1, -0.05) is 48.5 Å². The van der Waals surface area contributed by atoms with Gasteiger partial charge < -0.3 is 4.98 Å². The van der Waals surface area contributed by atoms with E-state index >= 15 is 0 Å². The van der Waals surface area contributed by atoms with Crippen molar-refractivity contribution in [1.82, 2.24) is 4.98 Å². The molecule has 0 spiro atoms. The molecular weight excluding hydrogens is 290 g/mol. The zero-order chi connectivity index (χ0) is 12.5. The fourth-order valence-corrected chi connectivity index (χ4v) is 2.62. The Bertz CT molecular complexity index is 716. The standard InChI is InChI=1S/C15H10BrNO/c16-13-11-8-4-5-9-12(11)17-14(13)15(18)10-6-2-1-3-7-10/h1-9,17H. The van der Waals surface area contributed by atoms with Gasteiger partial charge in [0.25, 0.3) is 0 Å². The summed E-state index contributed by atoms with van der Waals surface area (Å²) in [6.45, 7) is 0. The number of rotatable bonds is 2. The van der Waals surface area contributed by atoms with Gasteiger partial charge in [-0.15, -0.1) is 0 Å². The normalized spacial score (nSPS) is 10.7. The van der Waals surface area contributed by atoms with Crippen LogP contribution in [0.2, 0.25) is 0 Å². The van der Waals surface area contributed by atoms with E-state index in [4.69, 9.17) is 0 Å². The summed E-state index contributed by atoms with van der Waals surface area (Å²) in [4.78, 5) is 15.5. The lowest BCUT2D eigenvalue weighted by atomic mass is 10.1. The van der Waals surface area contributed by atoms with Crippen LogP contribution in [0, 0.1) is 0 Å². The van der Waals surface area contributed by atoms with E-state index < -0.39 is 0 Å². The maximum Gasteiger partial charge on any atom is 0.210 e. The Balaban J connectivity index is 2.15. The Labute approximate surface area is 113 Å². The topological polar surface area (TPSA) is 32.9 Å². The first-order valence-electron chi connectivity index (χ1n) is 5.63. The van der Waals surface area contributed by atoms with Crippen molar-refractivity contribution >= 4 is 32.6 Å². The fraction of sp³-hybridized carbons (Fsp3) is 0. The van der Waals surface area contributed by atoms with Crippen LogP contribution in [0.5, 0.6) is 0 Å². The molecule has 0 saturated heterocycles. The average Bonchev–Trinajstić information content (AvgIpc) is 2.77. The number of hydrogen-bond donors (Lipinski definition) is 1. The SMILES string of the molecule is O=C(c1ccccc1)c1[nH]c2ccccc2c1Br. The summed E-state index contributed by atoms with van der Waals surface area (Å²) < 4.78 is 0.826. The Kier molecular flexibility index (Phi) is 2.76. The summed E-state index contributed by atoms with van der Waals surface area (Å²) in [5.74, 6) is -0.00123. The zero-order valence-corrected chi connectivity index (χ0v) is 11.1. The molecule has 0 fully saturated rings. The minimum atomic E-state index is -0.00123. The number of fused-ring (bicyclic) bond motifs is 1. The lowest BCUT2D eigenvalue weighted by Crippen LogP contribution is -2.01. The van der Waals surface area contributed by atoms with Gasteiger partial charge in [0.05, 0.1) is 4.47 Å². The summed E-state index contributed by atoms with van der Waals surface area (Å²) >= 11 is 3.50. The van der Waals surface area contributed by atoms with Crippen LogP contribution >= 0.6 is 15.9 Å². The summed E-state index contributed by atoms with van der Waals surface area (Å²) in [5, 5.41) is 1.02. The number of ketones is 1. The Morgan fingerprint density at radius 3 is 2.33 bits per heavy atom. The molecule has 1 heterocycles. The van der Waals surface area contributed by atoms with Gasteiger partial charge in [-0.05, 0) is 22.0 Å². The van der Waals surface area contributed by atoms with Crippen molar-refractivity contribution in [3.05, 3.63) is 70.3 Å². The molecule has 2 aromatic carbocycles. The molecule has 3 rings (SSSR count). The number of hydrogen-bond acceptors (Lipinski definition) is 1. The molecule has 3 aromatic rings. The first-order valence-corrected chi connectivity index (χ1v) is 6.42. The minimum Gasteiger partial charge on any atom is -0.351 e. The first-order chi connectivity index (χ1) is 8.77. The quantitative estimate of drug-likeness (QED) is 0.708. The van der Waals surface area contributed by atoms with Gasteiger partial charge >= 0.3 is 0 Å². The molecule has 18 heavy (non-hydrogen) atoms. The number of carbonyl (C=O) groups excluding carboxylic acids is 1. The second kappa shape index (κ2) is 4.42. The molecule has 1 N–H and O–H groups in total. The van der Waals surface area contributed by atoms with Crippen LogP contribution in [0.1, 0.15) is 16.1 Å². The molecular formula is C15H10BrNO. The monoisotopic (exact) mass is 299 g/mol. The van der Waals surface area contributed by atoms with Crippen LogP contribution in [0.25, 0.3) is 10.9 Å². The highest BCUT2D eigenvalue weighted by atomic mass is 79.9. The number of carbonyl (C=O) groups is 1. The molecule has 0 atom stereocenters. The van der Waals surface area contributed by atoms with E-state index in [-0.39, 0.29) is 5.78 Å². The third kappa shape index (κ3) is 1.77. The molecule has 1 aromatic heterocycles. The lowest BCUT2D eigenvalue weighted by molar-refractivity contribution is 0.103. The molecule has 2 nitrogen and oxygen atoms in total. The molecule has 88 valence electrons. The van der Waals surface area contributed by atoms with Crippen LogP contribution in [0.3, 0.4) is 0 Å². The van der Waals surface area contributed by atoms with Crippen LogP contribution in [-0.2, 0) is 0 Å². The highest BCUT2D eigenvalue weighted by Gasteiger charge is 2.16. The molecule has 0 saturated carbocycles. The van der Waals surface area contributed by atoms with E-state index in [0.717, 1.165) is 15.4 Å². The Hall–Kier alpha value is -1.87. The Morgan fingerprint density at radius 1 is 0.944 bits per heavy atom. The van der Waals surface area contributed by atoms with Gasteiger partial charge in [0, 0.05) is 16.5 Å². The number of benzene rings is 2. The second-order valence-electron chi connectivity index (χ2n) is 4.05. The van der Waals surface area contributed by atoms with E-state index in [1.807, 2.05) is 54.6 Å². The smallest absolute Gasteiger partial charge is 0.210 e. The van der Waals surface area contributed by atoms with Gasteiger partial charge in [0.15, 0.2) is 0 Å². The van der Waals surface area contributed by atoms with Gasteiger partial charge in [-0.25, -0.2) is 0 Å².